The second-order valence-corrected chi connectivity index (χ2v) is 8.14. The number of piperidine rings is 1. The van der Waals surface area contributed by atoms with Crippen LogP contribution < -0.4 is 0 Å². The average Bonchev–Trinajstić information content (AvgIpc) is 2.37. The molecule has 1 heterocycles. The fourth-order valence-corrected chi connectivity index (χ4v) is 4.70. The van der Waals surface area contributed by atoms with E-state index in [0.29, 0.717) is 19.2 Å². The summed E-state index contributed by atoms with van der Waals surface area (Å²) in [5.74, 6) is 0.211. The van der Waals surface area contributed by atoms with Crippen molar-refractivity contribution in [2.45, 2.75) is 30.8 Å². The van der Waals surface area contributed by atoms with E-state index >= 15 is 0 Å². The molecule has 0 amide bonds. The molecule has 0 spiro atoms. The molecule has 21 heavy (non-hydrogen) atoms. The van der Waals surface area contributed by atoms with Gasteiger partial charge in [-0.05, 0) is 37.0 Å². The molecule has 1 saturated heterocycles. The van der Waals surface area contributed by atoms with Crippen LogP contribution in [0.5, 0.6) is 0 Å². The Balaban J connectivity index is 2.42. The number of sulfonamides is 1. The van der Waals surface area contributed by atoms with Gasteiger partial charge in [-0.3, -0.25) is 0 Å². The van der Waals surface area contributed by atoms with Crippen molar-refractivity contribution in [1.29, 1.82) is 0 Å². The molecule has 2 rings (SSSR count). The van der Waals surface area contributed by atoms with Crippen LogP contribution in [0.1, 0.15) is 25.3 Å². The molecule has 0 unspecified atom stereocenters. The first kappa shape index (κ1) is 16.8. The van der Waals surface area contributed by atoms with Gasteiger partial charge in [0.2, 0.25) is 10.0 Å². The minimum atomic E-state index is -4.58. The van der Waals surface area contributed by atoms with Gasteiger partial charge in [-0.15, -0.1) is 0 Å². The van der Waals surface area contributed by atoms with Crippen LogP contribution >= 0.6 is 15.9 Å². The van der Waals surface area contributed by atoms with Gasteiger partial charge >= 0.3 is 6.18 Å². The lowest BCUT2D eigenvalue weighted by Gasteiger charge is -2.30. The van der Waals surface area contributed by atoms with E-state index in [1.54, 1.807) is 0 Å². The summed E-state index contributed by atoms with van der Waals surface area (Å²) >= 11 is 2.95. The van der Waals surface area contributed by atoms with Crippen LogP contribution in [0, 0.1) is 5.92 Å². The first-order chi connectivity index (χ1) is 9.60. The zero-order chi connectivity index (χ0) is 15.8. The third-order valence-corrected chi connectivity index (χ3v) is 5.76. The lowest BCUT2D eigenvalue weighted by molar-refractivity contribution is -0.137. The fraction of sp³-hybridized carbons (Fsp3) is 0.538. The standard InChI is InChI=1S/C13H15BrF3NO2S/c1-9-3-2-4-18(8-9)21(19,20)12-6-10(13(15,16)17)5-11(14)7-12/h5-7,9H,2-4,8H2,1H3/t9-/m0/s1. The van der Waals surface area contributed by atoms with Crippen LogP contribution in [0.25, 0.3) is 0 Å². The van der Waals surface area contributed by atoms with Crippen LogP contribution in [-0.2, 0) is 16.2 Å². The van der Waals surface area contributed by atoms with Crippen molar-refractivity contribution in [3.8, 4) is 0 Å². The van der Waals surface area contributed by atoms with E-state index in [1.807, 2.05) is 6.92 Å². The molecule has 3 nitrogen and oxygen atoms in total. The number of halogens is 4. The van der Waals surface area contributed by atoms with Crippen molar-refractivity contribution in [2.24, 2.45) is 5.92 Å². The van der Waals surface area contributed by atoms with Crippen molar-refractivity contribution in [3.63, 3.8) is 0 Å². The Morgan fingerprint density at radius 1 is 1.29 bits per heavy atom. The molecule has 1 aliphatic rings. The summed E-state index contributed by atoms with van der Waals surface area (Å²) in [5, 5.41) is 0. The smallest absolute Gasteiger partial charge is 0.207 e. The van der Waals surface area contributed by atoms with Gasteiger partial charge in [0, 0.05) is 17.6 Å². The SMILES string of the molecule is C[C@H]1CCCN(S(=O)(=O)c2cc(Br)cc(C(F)(F)F)c2)C1. The maximum Gasteiger partial charge on any atom is 0.416 e. The van der Waals surface area contributed by atoms with Gasteiger partial charge in [-0.1, -0.05) is 22.9 Å². The number of hydrogen-bond donors (Lipinski definition) is 0. The first-order valence-electron chi connectivity index (χ1n) is 6.48. The Kier molecular flexibility index (Phi) is 4.70. The summed E-state index contributed by atoms with van der Waals surface area (Å²) in [6.07, 6.45) is -2.93. The monoisotopic (exact) mass is 385 g/mol. The van der Waals surface area contributed by atoms with E-state index in [2.05, 4.69) is 15.9 Å². The summed E-state index contributed by atoms with van der Waals surface area (Å²) in [6.45, 7) is 2.63. The lowest BCUT2D eigenvalue weighted by atomic mass is 10.0. The van der Waals surface area contributed by atoms with Crippen LogP contribution in [0.2, 0.25) is 0 Å². The molecule has 1 aromatic carbocycles. The second kappa shape index (κ2) is 5.89. The van der Waals surface area contributed by atoms with Gasteiger partial charge in [0.15, 0.2) is 0 Å². The largest absolute Gasteiger partial charge is 0.416 e. The van der Waals surface area contributed by atoms with Crippen LogP contribution in [0.3, 0.4) is 0 Å². The highest BCUT2D eigenvalue weighted by atomic mass is 79.9. The Labute approximate surface area is 130 Å². The normalized spacial score (nSPS) is 21.5. The summed E-state index contributed by atoms with van der Waals surface area (Å²) in [6, 6.07) is 2.78. The maximum atomic E-state index is 12.8. The minimum Gasteiger partial charge on any atom is -0.207 e. The predicted molar refractivity (Wildman–Crippen MR) is 76.3 cm³/mol. The van der Waals surface area contributed by atoms with Gasteiger partial charge in [-0.2, -0.15) is 17.5 Å². The van der Waals surface area contributed by atoms with Gasteiger partial charge in [0.25, 0.3) is 0 Å². The molecule has 1 fully saturated rings. The third-order valence-electron chi connectivity index (χ3n) is 3.46. The van der Waals surface area contributed by atoms with Gasteiger partial charge < -0.3 is 0 Å². The number of nitrogens with zero attached hydrogens (tertiary/aromatic N) is 1. The van der Waals surface area contributed by atoms with Crippen LogP contribution in [0.4, 0.5) is 13.2 Å². The Bertz CT molecular complexity index is 631. The number of rotatable bonds is 2. The summed E-state index contributed by atoms with van der Waals surface area (Å²) < 4.78 is 64.8. The molecule has 0 saturated carbocycles. The molecular weight excluding hydrogens is 371 g/mol. The molecule has 8 heteroatoms. The van der Waals surface area contributed by atoms with Crippen molar-refractivity contribution in [2.75, 3.05) is 13.1 Å². The molecule has 1 aromatic rings. The Morgan fingerprint density at radius 2 is 1.95 bits per heavy atom. The Hall–Kier alpha value is -0.600. The third kappa shape index (κ3) is 3.78. The highest BCUT2D eigenvalue weighted by Gasteiger charge is 2.34. The van der Waals surface area contributed by atoms with Gasteiger partial charge in [-0.25, -0.2) is 8.42 Å². The van der Waals surface area contributed by atoms with Gasteiger partial charge in [0.05, 0.1) is 10.5 Å². The van der Waals surface area contributed by atoms with Crippen molar-refractivity contribution >= 4 is 26.0 Å². The van der Waals surface area contributed by atoms with E-state index in [-0.39, 0.29) is 15.3 Å². The van der Waals surface area contributed by atoms with E-state index in [1.165, 1.54) is 10.4 Å². The molecule has 0 bridgehead atoms. The number of benzene rings is 1. The minimum absolute atomic E-state index is 0.0981. The molecule has 1 aliphatic heterocycles. The molecule has 0 radical (unpaired) electrons. The maximum absolute atomic E-state index is 12.8. The zero-order valence-corrected chi connectivity index (χ0v) is 13.7. The van der Waals surface area contributed by atoms with Crippen molar-refractivity contribution in [3.05, 3.63) is 28.2 Å². The van der Waals surface area contributed by atoms with E-state index < -0.39 is 21.8 Å². The molecular formula is C13H15BrF3NO2S. The lowest BCUT2D eigenvalue weighted by Crippen LogP contribution is -2.39. The molecule has 0 aliphatic carbocycles. The van der Waals surface area contributed by atoms with E-state index in [4.69, 9.17) is 0 Å². The molecule has 1 atom stereocenters. The van der Waals surface area contributed by atoms with Crippen molar-refractivity contribution in [1.82, 2.24) is 4.31 Å². The number of hydrogen-bond acceptors (Lipinski definition) is 2. The highest BCUT2D eigenvalue weighted by molar-refractivity contribution is 9.10. The van der Waals surface area contributed by atoms with Gasteiger partial charge in [0.1, 0.15) is 0 Å². The van der Waals surface area contributed by atoms with Crippen LogP contribution in [-0.4, -0.2) is 25.8 Å². The molecule has 0 N–H and O–H groups in total. The highest BCUT2D eigenvalue weighted by Crippen LogP contribution is 2.34. The first-order valence-corrected chi connectivity index (χ1v) is 8.72. The van der Waals surface area contributed by atoms with E-state index in [0.717, 1.165) is 18.9 Å². The summed E-state index contributed by atoms with van der Waals surface area (Å²) in [7, 11) is -3.90. The quantitative estimate of drug-likeness (QED) is 0.774. The Morgan fingerprint density at radius 3 is 2.52 bits per heavy atom. The summed E-state index contributed by atoms with van der Waals surface area (Å²) in [5.41, 5.74) is -0.972. The topological polar surface area (TPSA) is 37.4 Å². The predicted octanol–water partition coefficient (Wildman–Crippen LogP) is 3.89. The van der Waals surface area contributed by atoms with E-state index in [9.17, 15) is 21.6 Å². The number of alkyl halides is 3. The second-order valence-electron chi connectivity index (χ2n) is 5.28. The van der Waals surface area contributed by atoms with Crippen LogP contribution in [0.15, 0.2) is 27.6 Å². The van der Waals surface area contributed by atoms with Crippen molar-refractivity contribution < 1.29 is 21.6 Å². The average molecular weight is 386 g/mol. The zero-order valence-electron chi connectivity index (χ0n) is 11.3. The fourth-order valence-electron chi connectivity index (χ4n) is 2.39. The molecule has 118 valence electrons. The molecule has 0 aromatic heterocycles. The summed E-state index contributed by atoms with van der Waals surface area (Å²) in [4.78, 5) is -0.321.